The van der Waals surface area contributed by atoms with Gasteiger partial charge in [0.15, 0.2) is 0 Å². The standard InChI is InChI=1S/C18H29N3O3/c1-12(13(2)21-14(3)22)5-4-7-18(17(23)24)8-6-15(11-18)16-19-9-10-20-16/h9-10,12-13,15H,4-8,11H2,1-3H3,(H,19,20)(H,21,22)(H,23,24). The number of aromatic nitrogens is 2. The summed E-state index contributed by atoms with van der Waals surface area (Å²) in [6.45, 7) is 5.63. The molecule has 1 saturated carbocycles. The van der Waals surface area contributed by atoms with E-state index >= 15 is 0 Å². The van der Waals surface area contributed by atoms with Gasteiger partial charge in [-0.2, -0.15) is 0 Å². The Hall–Kier alpha value is -1.85. The first-order chi connectivity index (χ1) is 11.3. The van der Waals surface area contributed by atoms with Crippen molar-refractivity contribution in [1.29, 1.82) is 0 Å². The number of carbonyl (C=O) groups excluding carboxylic acids is 1. The van der Waals surface area contributed by atoms with Gasteiger partial charge in [-0.1, -0.05) is 13.3 Å². The number of H-pyrrole nitrogens is 1. The maximum Gasteiger partial charge on any atom is 0.309 e. The molecule has 4 unspecified atom stereocenters. The van der Waals surface area contributed by atoms with E-state index in [9.17, 15) is 14.7 Å². The van der Waals surface area contributed by atoms with E-state index in [1.54, 1.807) is 12.4 Å². The zero-order chi connectivity index (χ0) is 17.7. The molecule has 0 radical (unpaired) electrons. The molecule has 1 aliphatic rings. The van der Waals surface area contributed by atoms with E-state index in [0.717, 1.165) is 25.1 Å². The molecular formula is C18H29N3O3. The van der Waals surface area contributed by atoms with E-state index in [4.69, 9.17) is 0 Å². The van der Waals surface area contributed by atoms with Crippen LogP contribution in [0.25, 0.3) is 0 Å². The Morgan fingerprint density at radius 2 is 2.25 bits per heavy atom. The van der Waals surface area contributed by atoms with Crippen molar-refractivity contribution in [2.24, 2.45) is 11.3 Å². The van der Waals surface area contributed by atoms with Crippen LogP contribution >= 0.6 is 0 Å². The van der Waals surface area contributed by atoms with Gasteiger partial charge < -0.3 is 15.4 Å². The molecule has 1 aromatic heterocycles. The molecule has 1 aliphatic carbocycles. The monoisotopic (exact) mass is 335 g/mol. The fraction of sp³-hybridized carbons (Fsp3) is 0.722. The number of rotatable bonds is 8. The first-order valence-corrected chi connectivity index (χ1v) is 8.84. The summed E-state index contributed by atoms with van der Waals surface area (Å²) in [5.74, 6) is 0.757. The minimum atomic E-state index is -0.681. The Morgan fingerprint density at radius 1 is 1.50 bits per heavy atom. The molecule has 1 amide bonds. The van der Waals surface area contributed by atoms with Crippen LogP contribution in [0.2, 0.25) is 0 Å². The summed E-state index contributed by atoms with van der Waals surface area (Å²) in [6, 6.07) is 0.114. The highest BCUT2D eigenvalue weighted by Crippen LogP contribution is 2.49. The lowest BCUT2D eigenvalue weighted by molar-refractivity contribution is -0.149. The minimum absolute atomic E-state index is 0.0200. The Kier molecular flexibility index (Phi) is 6.02. The van der Waals surface area contributed by atoms with Crippen LogP contribution in [0.1, 0.15) is 71.0 Å². The van der Waals surface area contributed by atoms with Crippen LogP contribution in [0.3, 0.4) is 0 Å². The fourth-order valence-corrected chi connectivity index (χ4v) is 3.86. The summed E-state index contributed by atoms with van der Waals surface area (Å²) in [5.41, 5.74) is -0.631. The molecule has 24 heavy (non-hydrogen) atoms. The molecule has 1 heterocycles. The second kappa shape index (κ2) is 7.81. The van der Waals surface area contributed by atoms with Gasteiger partial charge in [0.25, 0.3) is 0 Å². The molecule has 1 fully saturated rings. The normalized spacial score (nSPS) is 26.0. The van der Waals surface area contributed by atoms with Crippen molar-refractivity contribution in [3.8, 4) is 0 Å². The Labute approximate surface area is 143 Å². The smallest absolute Gasteiger partial charge is 0.309 e. The van der Waals surface area contributed by atoms with Gasteiger partial charge in [-0.15, -0.1) is 0 Å². The number of nitrogens with one attached hydrogen (secondary N) is 2. The minimum Gasteiger partial charge on any atom is -0.481 e. The maximum absolute atomic E-state index is 11.9. The Morgan fingerprint density at radius 3 is 2.83 bits per heavy atom. The number of amides is 1. The second-order valence-electron chi connectivity index (χ2n) is 7.36. The van der Waals surface area contributed by atoms with Crippen molar-refractivity contribution in [1.82, 2.24) is 15.3 Å². The number of carboxylic acid groups (broad SMARTS) is 1. The molecule has 6 nitrogen and oxygen atoms in total. The summed E-state index contributed by atoms with van der Waals surface area (Å²) < 4.78 is 0. The van der Waals surface area contributed by atoms with Crippen LogP contribution in [0.4, 0.5) is 0 Å². The van der Waals surface area contributed by atoms with Gasteiger partial charge in [-0.25, -0.2) is 4.98 Å². The predicted molar refractivity (Wildman–Crippen MR) is 91.5 cm³/mol. The van der Waals surface area contributed by atoms with Crippen molar-refractivity contribution >= 4 is 11.9 Å². The average molecular weight is 335 g/mol. The summed E-state index contributed by atoms with van der Waals surface area (Å²) in [7, 11) is 0. The third-order valence-corrected chi connectivity index (χ3v) is 5.57. The first-order valence-electron chi connectivity index (χ1n) is 8.84. The van der Waals surface area contributed by atoms with Gasteiger partial charge in [0, 0.05) is 31.3 Å². The molecule has 1 aromatic rings. The van der Waals surface area contributed by atoms with E-state index in [2.05, 4.69) is 22.2 Å². The molecule has 6 heteroatoms. The Balaban J connectivity index is 1.88. The molecule has 3 N–H and O–H groups in total. The number of aliphatic carboxylic acids is 1. The SMILES string of the molecule is CC(=O)NC(C)C(C)CCCC1(C(=O)O)CCC(c2ncc[nH]2)C1. The van der Waals surface area contributed by atoms with Crippen molar-refractivity contribution in [3.05, 3.63) is 18.2 Å². The predicted octanol–water partition coefficient (Wildman–Crippen LogP) is 3.08. The summed E-state index contributed by atoms with van der Waals surface area (Å²) in [4.78, 5) is 30.5. The van der Waals surface area contributed by atoms with Crippen molar-refractivity contribution in [3.63, 3.8) is 0 Å². The highest BCUT2D eigenvalue weighted by molar-refractivity contribution is 5.75. The third-order valence-electron chi connectivity index (χ3n) is 5.57. The van der Waals surface area contributed by atoms with Gasteiger partial charge in [0.1, 0.15) is 5.82 Å². The first kappa shape index (κ1) is 18.5. The van der Waals surface area contributed by atoms with Gasteiger partial charge in [-0.3, -0.25) is 9.59 Å². The summed E-state index contributed by atoms with van der Waals surface area (Å²) in [6.07, 6.45) is 8.23. The number of aromatic amines is 1. The van der Waals surface area contributed by atoms with E-state index in [1.165, 1.54) is 6.92 Å². The van der Waals surface area contributed by atoms with Gasteiger partial charge in [0.05, 0.1) is 5.41 Å². The second-order valence-corrected chi connectivity index (χ2v) is 7.36. The lowest BCUT2D eigenvalue weighted by Crippen LogP contribution is -2.35. The summed E-state index contributed by atoms with van der Waals surface area (Å²) in [5, 5.41) is 12.7. The zero-order valence-corrected chi connectivity index (χ0v) is 14.8. The highest BCUT2D eigenvalue weighted by Gasteiger charge is 2.46. The van der Waals surface area contributed by atoms with E-state index in [1.807, 2.05) is 6.92 Å². The molecule has 0 bridgehead atoms. The van der Waals surface area contributed by atoms with Gasteiger partial charge in [0.2, 0.25) is 5.91 Å². The molecule has 4 atom stereocenters. The lowest BCUT2D eigenvalue weighted by Gasteiger charge is -2.26. The van der Waals surface area contributed by atoms with Crippen molar-refractivity contribution in [2.45, 2.75) is 71.3 Å². The number of imidazole rings is 1. The van der Waals surface area contributed by atoms with E-state index in [-0.39, 0.29) is 17.9 Å². The molecule has 0 saturated heterocycles. The van der Waals surface area contributed by atoms with Gasteiger partial charge >= 0.3 is 5.97 Å². The number of hydrogen-bond donors (Lipinski definition) is 3. The highest BCUT2D eigenvalue weighted by atomic mass is 16.4. The molecule has 0 spiro atoms. The van der Waals surface area contributed by atoms with Crippen LogP contribution in [-0.2, 0) is 9.59 Å². The Bertz CT molecular complexity index is 558. The quantitative estimate of drug-likeness (QED) is 0.680. The zero-order valence-electron chi connectivity index (χ0n) is 14.8. The van der Waals surface area contributed by atoms with Crippen LogP contribution in [-0.4, -0.2) is 33.0 Å². The lowest BCUT2D eigenvalue weighted by atomic mass is 9.79. The van der Waals surface area contributed by atoms with Crippen LogP contribution < -0.4 is 5.32 Å². The molecule has 0 aliphatic heterocycles. The third kappa shape index (κ3) is 4.36. The molecule has 0 aromatic carbocycles. The van der Waals surface area contributed by atoms with Crippen LogP contribution in [0.5, 0.6) is 0 Å². The molecular weight excluding hydrogens is 306 g/mol. The van der Waals surface area contributed by atoms with E-state index in [0.29, 0.717) is 25.2 Å². The van der Waals surface area contributed by atoms with Gasteiger partial charge in [-0.05, 0) is 44.9 Å². The number of carboxylic acids is 1. The van der Waals surface area contributed by atoms with Crippen molar-refractivity contribution in [2.75, 3.05) is 0 Å². The summed E-state index contributed by atoms with van der Waals surface area (Å²) >= 11 is 0. The van der Waals surface area contributed by atoms with Crippen molar-refractivity contribution < 1.29 is 14.7 Å². The number of carbonyl (C=O) groups is 2. The maximum atomic E-state index is 11.9. The molecule has 2 rings (SSSR count). The average Bonchev–Trinajstić information content (AvgIpc) is 3.16. The van der Waals surface area contributed by atoms with E-state index < -0.39 is 11.4 Å². The fourth-order valence-electron chi connectivity index (χ4n) is 3.86. The van der Waals surface area contributed by atoms with Crippen LogP contribution in [0.15, 0.2) is 12.4 Å². The van der Waals surface area contributed by atoms with Crippen LogP contribution in [0, 0.1) is 11.3 Å². The largest absolute Gasteiger partial charge is 0.481 e. The number of nitrogens with zero attached hydrogens (tertiary/aromatic N) is 1. The number of hydrogen-bond acceptors (Lipinski definition) is 3. The molecule has 134 valence electrons. The topological polar surface area (TPSA) is 95.1 Å².